The molecule has 0 fully saturated rings. The minimum absolute atomic E-state index is 0.235. The smallest absolute Gasteiger partial charge is 0.291 e. The van der Waals surface area contributed by atoms with Crippen molar-refractivity contribution in [3.63, 3.8) is 0 Å². The Balaban J connectivity index is 2.61. The molecule has 0 aliphatic carbocycles. The second-order valence-electron chi connectivity index (χ2n) is 4.50. The molecule has 0 saturated heterocycles. The topological polar surface area (TPSA) is 75.1 Å². The number of rotatable bonds is 0. The van der Waals surface area contributed by atoms with E-state index in [2.05, 4.69) is 4.98 Å². The Labute approximate surface area is 105 Å². The van der Waals surface area contributed by atoms with Gasteiger partial charge in [-0.15, -0.1) is 4.73 Å². The predicted molar refractivity (Wildman–Crippen MR) is 72.2 cm³/mol. The number of aromatic nitrogens is 2. The second kappa shape index (κ2) is 3.14. The first-order chi connectivity index (χ1) is 9.18. The van der Waals surface area contributed by atoms with Crippen LogP contribution in [0.5, 0.6) is 0 Å². The molecule has 0 aliphatic rings. The van der Waals surface area contributed by atoms with E-state index in [0.717, 1.165) is 0 Å². The summed E-state index contributed by atoms with van der Waals surface area (Å²) in [4.78, 5) is 26.9. The van der Waals surface area contributed by atoms with Crippen LogP contribution in [0.2, 0.25) is 0 Å². The number of hydrogen-bond acceptors (Lipinski definition) is 3. The molecular formula is C14H8N2O3. The zero-order valence-electron chi connectivity index (χ0n) is 9.68. The third-order valence-corrected chi connectivity index (χ3v) is 3.50. The van der Waals surface area contributed by atoms with Crippen molar-refractivity contribution in [2.24, 2.45) is 0 Å². The fourth-order valence-electron chi connectivity index (χ4n) is 2.69. The van der Waals surface area contributed by atoms with Gasteiger partial charge in [-0.25, -0.2) is 0 Å². The highest BCUT2D eigenvalue weighted by molar-refractivity contribution is 6.20. The third-order valence-electron chi connectivity index (χ3n) is 3.50. The van der Waals surface area contributed by atoms with E-state index >= 15 is 0 Å². The molecule has 5 heteroatoms. The summed E-state index contributed by atoms with van der Waals surface area (Å²) in [6.45, 7) is 0. The first kappa shape index (κ1) is 10.1. The maximum absolute atomic E-state index is 12.1. The quantitative estimate of drug-likeness (QED) is 0.369. The van der Waals surface area contributed by atoms with Crippen LogP contribution in [0.3, 0.4) is 0 Å². The van der Waals surface area contributed by atoms with Gasteiger partial charge < -0.3 is 10.2 Å². The van der Waals surface area contributed by atoms with E-state index in [1.165, 1.54) is 0 Å². The largest absolute Gasteiger partial charge is 0.425 e. The van der Waals surface area contributed by atoms with Crippen LogP contribution in [0.4, 0.5) is 0 Å². The lowest BCUT2D eigenvalue weighted by Gasteiger charge is -2.11. The number of pyridine rings is 2. The van der Waals surface area contributed by atoms with Gasteiger partial charge in [-0.1, -0.05) is 12.1 Å². The third kappa shape index (κ3) is 1.09. The van der Waals surface area contributed by atoms with Crippen LogP contribution in [0, 0.1) is 0 Å². The standard InChI is InChI=1S/C14H8N2O3/c17-13-7-3-1-4-8-11(7)12-9(15-13)5-2-6-10(12)16(19)14(8)18/h1-6,19H,(H,15,17). The van der Waals surface area contributed by atoms with Gasteiger partial charge in [0.2, 0.25) is 0 Å². The summed E-state index contributed by atoms with van der Waals surface area (Å²) in [6.07, 6.45) is 0. The minimum Gasteiger partial charge on any atom is -0.425 e. The molecule has 4 rings (SSSR count). The van der Waals surface area contributed by atoms with E-state index < -0.39 is 5.56 Å². The molecular weight excluding hydrogens is 244 g/mol. The van der Waals surface area contributed by atoms with Gasteiger partial charge >= 0.3 is 0 Å². The number of benzene rings is 2. The van der Waals surface area contributed by atoms with Crippen LogP contribution in [0.1, 0.15) is 0 Å². The molecule has 2 N–H and O–H groups in total. The molecule has 4 aromatic rings. The van der Waals surface area contributed by atoms with Gasteiger partial charge in [0.15, 0.2) is 0 Å². The SMILES string of the molecule is O=c1[nH]c2cccc3c2c2c1cccc2c(=O)n3O. The highest BCUT2D eigenvalue weighted by Crippen LogP contribution is 2.28. The summed E-state index contributed by atoms with van der Waals surface area (Å²) in [7, 11) is 0. The number of nitrogens with one attached hydrogen (secondary N) is 1. The minimum atomic E-state index is -0.517. The molecule has 0 spiro atoms. The summed E-state index contributed by atoms with van der Waals surface area (Å²) in [6, 6.07) is 10.0. The van der Waals surface area contributed by atoms with Crippen molar-refractivity contribution in [2.45, 2.75) is 0 Å². The first-order valence-corrected chi connectivity index (χ1v) is 5.79. The molecule has 0 atom stereocenters. The first-order valence-electron chi connectivity index (χ1n) is 5.79. The van der Waals surface area contributed by atoms with Crippen LogP contribution in [0.25, 0.3) is 32.6 Å². The van der Waals surface area contributed by atoms with Crippen molar-refractivity contribution in [2.75, 3.05) is 0 Å². The summed E-state index contributed by atoms with van der Waals surface area (Å²) in [5.74, 6) is 0. The van der Waals surface area contributed by atoms with Gasteiger partial charge in [0.1, 0.15) is 0 Å². The molecule has 2 aromatic carbocycles. The van der Waals surface area contributed by atoms with E-state index in [-0.39, 0.29) is 5.56 Å². The molecule has 2 aromatic heterocycles. The van der Waals surface area contributed by atoms with Crippen molar-refractivity contribution in [3.05, 3.63) is 57.1 Å². The Morgan fingerprint density at radius 2 is 1.68 bits per heavy atom. The molecule has 0 radical (unpaired) electrons. The number of H-pyrrole nitrogens is 1. The summed E-state index contributed by atoms with van der Waals surface area (Å²) >= 11 is 0. The van der Waals surface area contributed by atoms with Gasteiger partial charge in [0.25, 0.3) is 11.1 Å². The van der Waals surface area contributed by atoms with Crippen LogP contribution in [-0.2, 0) is 0 Å². The maximum Gasteiger partial charge on any atom is 0.291 e. The van der Waals surface area contributed by atoms with Gasteiger partial charge in [0, 0.05) is 16.2 Å². The molecule has 2 heterocycles. The second-order valence-corrected chi connectivity index (χ2v) is 4.50. The van der Waals surface area contributed by atoms with Crippen molar-refractivity contribution in [1.29, 1.82) is 0 Å². The molecule has 0 bridgehead atoms. The van der Waals surface area contributed by atoms with Crippen molar-refractivity contribution in [1.82, 2.24) is 9.71 Å². The van der Waals surface area contributed by atoms with Crippen LogP contribution in [-0.4, -0.2) is 14.9 Å². The maximum atomic E-state index is 12.1. The van der Waals surface area contributed by atoms with Gasteiger partial charge in [0.05, 0.1) is 16.4 Å². The van der Waals surface area contributed by atoms with Crippen molar-refractivity contribution in [3.8, 4) is 0 Å². The number of hydrogen-bond donors (Lipinski definition) is 2. The van der Waals surface area contributed by atoms with Crippen molar-refractivity contribution < 1.29 is 5.21 Å². The molecule has 19 heavy (non-hydrogen) atoms. The highest BCUT2D eigenvalue weighted by atomic mass is 16.5. The Morgan fingerprint density at radius 1 is 0.947 bits per heavy atom. The molecule has 0 aliphatic heterocycles. The highest BCUT2D eigenvalue weighted by Gasteiger charge is 2.15. The van der Waals surface area contributed by atoms with Crippen molar-refractivity contribution >= 4 is 32.6 Å². The number of nitrogens with zero attached hydrogens (tertiary/aromatic N) is 1. The average molecular weight is 252 g/mol. The number of aromatic amines is 1. The molecule has 0 saturated carbocycles. The normalized spacial score (nSPS) is 11.8. The molecule has 92 valence electrons. The van der Waals surface area contributed by atoms with Gasteiger partial charge in [-0.2, -0.15) is 0 Å². The fourth-order valence-corrected chi connectivity index (χ4v) is 2.69. The Kier molecular flexibility index (Phi) is 1.67. The van der Waals surface area contributed by atoms with Gasteiger partial charge in [-0.3, -0.25) is 9.59 Å². The van der Waals surface area contributed by atoms with Crippen LogP contribution >= 0.6 is 0 Å². The van der Waals surface area contributed by atoms with E-state index in [0.29, 0.717) is 37.3 Å². The molecule has 0 amide bonds. The average Bonchev–Trinajstić information content (AvgIpc) is 2.43. The van der Waals surface area contributed by atoms with E-state index in [1.807, 2.05) is 0 Å². The van der Waals surface area contributed by atoms with E-state index in [9.17, 15) is 14.8 Å². The van der Waals surface area contributed by atoms with E-state index in [1.54, 1.807) is 36.4 Å². The Hall–Kier alpha value is -2.82. The van der Waals surface area contributed by atoms with Gasteiger partial charge in [-0.05, 0) is 24.3 Å². The fraction of sp³-hybridized carbons (Fsp3) is 0. The molecule has 0 unspecified atom stereocenters. The van der Waals surface area contributed by atoms with Crippen LogP contribution in [0.15, 0.2) is 46.0 Å². The summed E-state index contributed by atoms with van der Waals surface area (Å²) in [5, 5.41) is 12.0. The summed E-state index contributed by atoms with van der Waals surface area (Å²) in [5.41, 5.74) is 0.244. The molecule has 5 nitrogen and oxygen atoms in total. The van der Waals surface area contributed by atoms with E-state index in [4.69, 9.17) is 0 Å². The zero-order valence-corrected chi connectivity index (χ0v) is 9.68. The Morgan fingerprint density at radius 3 is 2.53 bits per heavy atom. The lowest BCUT2D eigenvalue weighted by Crippen LogP contribution is -2.20. The lowest BCUT2D eigenvalue weighted by atomic mass is 10.0. The van der Waals surface area contributed by atoms with Crippen LogP contribution < -0.4 is 11.1 Å². The predicted octanol–water partition coefficient (Wildman–Crippen LogP) is 1.67. The summed E-state index contributed by atoms with van der Waals surface area (Å²) < 4.78 is 0.627. The monoisotopic (exact) mass is 252 g/mol. The zero-order chi connectivity index (χ0) is 13.1. The Bertz CT molecular complexity index is 1060. The lowest BCUT2D eigenvalue weighted by molar-refractivity contribution is 0.190.